The van der Waals surface area contributed by atoms with Gasteiger partial charge in [0.25, 0.3) is 0 Å². The summed E-state index contributed by atoms with van der Waals surface area (Å²) in [6, 6.07) is 13.2. The van der Waals surface area contributed by atoms with E-state index in [1.807, 2.05) is 0 Å². The maximum Gasteiger partial charge on any atom is 0.437 e. The number of hydrogen-bond donors (Lipinski definition) is 1. The molecular formula is C20H12N3O6+. The zero-order valence-corrected chi connectivity index (χ0v) is 15.0. The average Bonchev–Trinajstić information content (AvgIpc) is 3.36. The molecule has 1 aliphatic rings. The van der Waals surface area contributed by atoms with Crippen molar-refractivity contribution in [3.8, 4) is 22.8 Å². The van der Waals surface area contributed by atoms with Gasteiger partial charge in [0.1, 0.15) is 11.3 Å². The minimum absolute atomic E-state index is 0.0668. The van der Waals surface area contributed by atoms with E-state index < -0.39 is 17.2 Å². The molecule has 0 spiro atoms. The number of ether oxygens (including phenoxy) is 1. The number of ketones is 2. The lowest BCUT2D eigenvalue weighted by Crippen LogP contribution is -2.36. The summed E-state index contributed by atoms with van der Waals surface area (Å²) in [4.78, 5) is 38.2. The van der Waals surface area contributed by atoms with Crippen molar-refractivity contribution in [2.24, 2.45) is 0 Å². The summed E-state index contributed by atoms with van der Waals surface area (Å²) in [5, 5.41) is 6.34. The quantitative estimate of drug-likeness (QED) is 0.466. The lowest BCUT2D eigenvalue weighted by molar-refractivity contribution is -0.660. The lowest BCUT2D eigenvalue weighted by atomic mass is 9.87. The van der Waals surface area contributed by atoms with Gasteiger partial charge in [-0.15, -0.1) is 0 Å². The molecule has 0 saturated heterocycles. The van der Waals surface area contributed by atoms with Crippen LogP contribution >= 0.6 is 0 Å². The first-order valence-electron chi connectivity index (χ1n) is 8.56. The van der Waals surface area contributed by atoms with E-state index in [2.05, 4.69) is 10.4 Å². The van der Waals surface area contributed by atoms with Crippen molar-refractivity contribution in [2.75, 3.05) is 7.11 Å². The first-order chi connectivity index (χ1) is 14.1. The van der Waals surface area contributed by atoms with E-state index in [-0.39, 0.29) is 33.8 Å². The van der Waals surface area contributed by atoms with Crippen LogP contribution in [0, 0.1) is 0 Å². The standard InChI is InChI=1S/C20H11N3O6/c1-27-11-8-6-10(7-9-11)23-16(20(26)29-22-23)15-14-17(24)12-4-2-3-5-13(12)18(25)19(14)28-21-15/h2-9H,1H3/p+1. The highest BCUT2D eigenvalue weighted by Gasteiger charge is 2.41. The van der Waals surface area contributed by atoms with Gasteiger partial charge in [-0.2, -0.15) is 0 Å². The molecule has 2 aromatic carbocycles. The van der Waals surface area contributed by atoms with Gasteiger partial charge in [0.2, 0.25) is 22.9 Å². The fourth-order valence-corrected chi connectivity index (χ4v) is 3.34. The third-order valence-electron chi connectivity index (χ3n) is 4.74. The molecule has 0 aliphatic heterocycles. The van der Waals surface area contributed by atoms with E-state index in [9.17, 15) is 14.4 Å². The van der Waals surface area contributed by atoms with Gasteiger partial charge in [0.15, 0.2) is 5.78 Å². The predicted octanol–water partition coefficient (Wildman–Crippen LogP) is 1.68. The Balaban J connectivity index is 1.71. The van der Waals surface area contributed by atoms with Crippen LogP contribution in [0.3, 0.4) is 0 Å². The molecule has 2 heterocycles. The van der Waals surface area contributed by atoms with E-state index in [1.165, 1.54) is 11.8 Å². The number of hydrogen-bond acceptors (Lipinski definition) is 7. The Hall–Kier alpha value is -4.27. The van der Waals surface area contributed by atoms with E-state index in [4.69, 9.17) is 13.8 Å². The van der Waals surface area contributed by atoms with Gasteiger partial charge < -0.3 is 9.26 Å². The minimum Gasteiger partial charge on any atom is -0.497 e. The van der Waals surface area contributed by atoms with E-state index in [0.717, 1.165) is 0 Å². The molecule has 2 aromatic heterocycles. The number of aromatic amines is 1. The Bertz CT molecular complexity index is 1340. The first-order valence-corrected chi connectivity index (χ1v) is 8.56. The molecule has 0 bridgehead atoms. The smallest absolute Gasteiger partial charge is 0.437 e. The fraction of sp³-hybridized carbons (Fsp3) is 0.0500. The molecule has 0 unspecified atom stereocenters. The van der Waals surface area contributed by atoms with Crippen LogP contribution in [0.5, 0.6) is 5.75 Å². The van der Waals surface area contributed by atoms with E-state index in [1.54, 1.807) is 48.5 Å². The molecule has 0 amide bonds. The van der Waals surface area contributed by atoms with Crippen LogP contribution in [0.25, 0.3) is 17.1 Å². The topological polar surface area (TPSA) is 119 Å². The number of benzene rings is 2. The van der Waals surface area contributed by atoms with Crippen LogP contribution < -0.4 is 15.0 Å². The van der Waals surface area contributed by atoms with Gasteiger partial charge in [-0.1, -0.05) is 29.4 Å². The summed E-state index contributed by atoms with van der Waals surface area (Å²) in [6.45, 7) is 0. The van der Waals surface area contributed by atoms with Crippen LogP contribution in [-0.4, -0.2) is 29.1 Å². The molecule has 1 aliphatic carbocycles. The summed E-state index contributed by atoms with van der Waals surface area (Å²) >= 11 is 0. The number of fused-ring (bicyclic) bond motifs is 2. The maximum atomic E-state index is 13.1. The molecule has 4 aromatic rings. The molecule has 0 fully saturated rings. The summed E-state index contributed by atoms with van der Waals surface area (Å²) in [6.07, 6.45) is 0. The number of rotatable bonds is 3. The second-order valence-electron chi connectivity index (χ2n) is 6.30. The molecule has 9 nitrogen and oxygen atoms in total. The largest absolute Gasteiger partial charge is 0.497 e. The molecular weight excluding hydrogens is 378 g/mol. The normalized spacial score (nSPS) is 12.6. The highest BCUT2D eigenvalue weighted by atomic mass is 16.5. The Morgan fingerprint density at radius 3 is 2.34 bits per heavy atom. The minimum atomic E-state index is -0.768. The van der Waals surface area contributed by atoms with Gasteiger partial charge in [0, 0.05) is 23.3 Å². The van der Waals surface area contributed by atoms with Crippen molar-refractivity contribution in [1.29, 1.82) is 0 Å². The van der Waals surface area contributed by atoms with Crippen LogP contribution in [0.1, 0.15) is 32.0 Å². The van der Waals surface area contributed by atoms with Crippen LogP contribution in [-0.2, 0) is 0 Å². The zero-order valence-electron chi connectivity index (χ0n) is 15.0. The number of aromatic nitrogens is 3. The lowest BCUT2D eigenvalue weighted by Gasteiger charge is -2.11. The van der Waals surface area contributed by atoms with Crippen molar-refractivity contribution < 1.29 is 28.1 Å². The molecule has 0 atom stereocenters. The molecule has 9 heteroatoms. The van der Waals surface area contributed by atoms with Gasteiger partial charge in [-0.25, -0.2) is 4.79 Å². The number of carbonyl (C=O) groups is 2. The summed E-state index contributed by atoms with van der Waals surface area (Å²) in [7, 11) is 1.54. The second-order valence-corrected chi connectivity index (χ2v) is 6.30. The first kappa shape index (κ1) is 16.9. The SMILES string of the molecule is COc1ccc(-[n+]2[nH]oc(=O)c2-c2noc3c2C(=O)c2ccccc2C3=O)cc1. The number of methoxy groups -OCH3 is 1. The number of nitrogens with one attached hydrogen (secondary N) is 1. The van der Waals surface area contributed by atoms with Gasteiger partial charge in [-0.05, 0) is 22.1 Å². The summed E-state index contributed by atoms with van der Waals surface area (Å²) in [5.41, 5.74) is 0.0128. The maximum absolute atomic E-state index is 13.1. The third-order valence-corrected chi connectivity index (χ3v) is 4.74. The summed E-state index contributed by atoms with van der Waals surface area (Å²) in [5.74, 6) is -0.498. The summed E-state index contributed by atoms with van der Waals surface area (Å²) < 4.78 is 16.6. The third kappa shape index (κ3) is 2.37. The Morgan fingerprint density at radius 1 is 0.966 bits per heavy atom. The van der Waals surface area contributed by atoms with Gasteiger partial charge in [-0.3, -0.25) is 14.1 Å². The zero-order chi connectivity index (χ0) is 20.1. The Morgan fingerprint density at radius 2 is 1.66 bits per heavy atom. The number of H-pyrrole nitrogens is 1. The van der Waals surface area contributed by atoms with Crippen molar-refractivity contribution >= 4 is 11.6 Å². The fourth-order valence-electron chi connectivity index (χ4n) is 3.34. The molecule has 29 heavy (non-hydrogen) atoms. The Kier molecular flexibility index (Phi) is 3.56. The molecule has 5 rings (SSSR count). The van der Waals surface area contributed by atoms with E-state index in [0.29, 0.717) is 11.4 Å². The van der Waals surface area contributed by atoms with Crippen molar-refractivity contribution in [3.05, 3.63) is 81.4 Å². The van der Waals surface area contributed by atoms with Crippen LogP contribution in [0.15, 0.2) is 62.4 Å². The van der Waals surface area contributed by atoms with Crippen molar-refractivity contribution in [2.45, 2.75) is 0 Å². The van der Waals surface area contributed by atoms with E-state index >= 15 is 0 Å². The van der Waals surface area contributed by atoms with Crippen LogP contribution in [0.4, 0.5) is 0 Å². The average molecular weight is 390 g/mol. The highest BCUT2D eigenvalue weighted by Crippen LogP contribution is 2.32. The molecule has 0 radical (unpaired) electrons. The Labute approximate surface area is 162 Å². The number of carbonyl (C=O) groups excluding carboxylic acids is 2. The van der Waals surface area contributed by atoms with Crippen molar-refractivity contribution in [3.63, 3.8) is 0 Å². The predicted molar refractivity (Wildman–Crippen MR) is 96.2 cm³/mol. The molecule has 0 saturated carbocycles. The van der Waals surface area contributed by atoms with Crippen molar-refractivity contribution in [1.82, 2.24) is 10.4 Å². The van der Waals surface area contributed by atoms with Gasteiger partial charge >= 0.3 is 11.3 Å². The number of nitrogens with zero attached hydrogens (tertiary/aromatic N) is 2. The highest BCUT2D eigenvalue weighted by molar-refractivity contribution is 6.28. The monoisotopic (exact) mass is 390 g/mol. The molecule has 142 valence electrons. The van der Waals surface area contributed by atoms with Gasteiger partial charge in [0.05, 0.1) is 7.11 Å². The second kappa shape index (κ2) is 6.13. The molecule has 1 N–H and O–H groups in total. The van der Waals surface area contributed by atoms with Crippen LogP contribution in [0.2, 0.25) is 0 Å².